The molecule has 0 radical (unpaired) electrons. The quantitative estimate of drug-likeness (QED) is 0.490. The first-order chi connectivity index (χ1) is 16.4. The van der Waals surface area contributed by atoms with Crippen molar-refractivity contribution in [2.45, 2.75) is 19.9 Å². The number of halogens is 2. The van der Waals surface area contributed by atoms with Gasteiger partial charge in [-0.2, -0.15) is 0 Å². The Balaban J connectivity index is 1.71. The molecule has 0 fully saturated rings. The van der Waals surface area contributed by atoms with Crippen LogP contribution in [0.1, 0.15) is 31.0 Å². The van der Waals surface area contributed by atoms with E-state index in [2.05, 4.69) is 0 Å². The first-order valence-corrected chi connectivity index (χ1v) is 12.0. The number of benzene rings is 2. The lowest BCUT2D eigenvalue weighted by molar-refractivity contribution is -0.138. The van der Waals surface area contributed by atoms with Gasteiger partial charge in [0, 0.05) is 15.7 Å². The summed E-state index contributed by atoms with van der Waals surface area (Å²) in [6, 6.07) is 9.80. The third kappa shape index (κ3) is 3.91. The molecule has 0 aliphatic carbocycles. The average molecular weight is 517 g/mol. The number of ether oxygens (including phenoxy) is 3. The number of thiazole rings is 1. The van der Waals surface area contributed by atoms with Crippen LogP contribution in [0, 0.1) is 0 Å². The van der Waals surface area contributed by atoms with Gasteiger partial charge in [0.15, 0.2) is 16.3 Å². The second kappa shape index (κ2) is 8.94. The molecular weight excluding hydrogens is 499 g/mol. The topological polar surface area (TPSA) is 79.1 Å². The van der Waals surface area contributed by atoms with Crippen LogP contribution in [0.3, 0.4) is 0 Å². The fourth-order valence-electron chi connectivity index (χ4n) is 3.90. The molecule has 3 aromatic rings. The van der Waals surface area contributed by atoms with E-state index in [1.54, 1.807) is 50.3 Å². The number of esters is 1. The molecule has 174 valence electrons. The summed E-state index contributed by atoms with van der Waals surface area (Å²) in [7, 11) is 0. The lowest BCUT2D eigenvalue weighted by Crippen LogP contribution is -2.35. The number of carbonyl (C=O) groups is 1. The van der Waals surface area contributed by atoms with Crippen molar-refractivity contribution in [3.05, 3.63) is 82.8 Å². The van der Waals surface area contributed by atoms with Crippen LogP contribution in [-0.2, 0) is 9.53 Å². The van der Waals surface area contributed by atoms with Crippen molar-refractivity contribution in [2.24, 2.45) is 4.99 Å². The Morgan fingerprint density at radius 2 is 2.03 bits per heavy atom. The number of rotatable bonds is 4. The van der Waals surface area contributed by atoms with Crippen LogP contribution in [-0.4, -0.2) is 23.9 Å². The summed E-state index contributed by atoms with van der Waals surface area (Å²) in [4.78, 5) is 31.6. The van der Waals surface area contributed by atoms with E-state index in [4.69, 9.17) is 42.4 Å². The maximum Gasteiger partial charge on any atom is 0.338 e. The Hall–Kier alpha value is -3.07. The molecule has 5 rings (SSSR count). The van der Waals surface area contributed by atoms with Crippen LogP contribution in [0.15, 0.2) is 51.8 Å². The molecule has 0 unspecified atom stereocenters. The van der Waals surface area contributed by atoms with Crippen molar-refractivity contribution in [1.82, 2.24) is 4.57 Å². The summed E-state index contributed by atoms with van der Waals surface area (Å²) in [5.74, 6) is 0.679. The molecule has 3 heterocycles. The molecule has 2 aliphatic heterocycles. The molecular formula is C24H18Cl2N2O5S. The van der Waals surface area contributed by atoms with Gasteiger partial charge in [-0.3, -0.25) is 9.36 Å². The van der Waals surface area contributed by atoms with E-state index in [1.165, 1.54) is 15.9 Å². The van der Waals surface area contributed by atoms with Crippen molar-refractivity contribution < 1.29 is 19.0 Å². The number of allylic oxidation sites excluding steroid dienone is 1. The highest BCUT2D eigenvalue weighted by molar-refractivity contribution is 7.07. The van der Waals surface area contributed by atoms with Crippen molar-refractivity contribution in [3.63, 3.8) is 0 Å². The molecule has 2 aromatic carbocycles. The number of fused-ring (bicyclic) bond motifs is 2. The minimum atomic E-state index is -0.668. The molecule has 0 amide bonds. The van der Waals surface area contributed by atoms with E-state index in [0.717, 1.165) is 5.56 Å². The molecule has 1 aromatic heterocycles. The highest BCUT2D eigenvalue weighted by atomic mass is 35.5. The first-order valence-electron chi connectivity index (χ1n) is 10.4. The maximum atomic E-state index is 13.3. The van der Waals surface area contributed by atoms with Crippen LogP contribution < -0.4 is 24.4 Å². The summed E-state index contributed by atoms with van der Waals surface area (Å²) in [5, 5.41) is 0.932. The third-order valence-corrected chi connectivity index (χ3v) is 7.05. The lowest BCUT2D eigenvalue weighted by atomic mass is 9.96. The Morgan fingerprint density at radius 3 is 2.79 bits per heavy atom. The number of carbonyl (C=O) groups excluding carboxylic acids is 1. The predicted octanol–water partition coefficient (Wildman–Crippen LogP) is 3.94. The Morgan fingerprint density at radius 1 is 1.24 bits per heavy atom. The zero-order chi connectivity index (χ0) is 24.0. The fraction of sp³-hybridized carbons (Fsp3) is 0.208. The fourth-order valence-corrected chi connectivity index (χ4v) is 5.39. The smallest absolute Gasteiger partial charge is 0.338 e. The summed E-state index contributed by atoms with van der Waals surface area (Å²) in [6.45, 7) is 3.78. The highest BCUT2D eigenvalue weighted by Gasteiger charge is 2.32. The molecule has 0 saturated heterocycles. The van der Waals surface area contributed by atoms with E-state index in [1.807, 2.05) is 6.07 Å². The monoisotopic (exact) mass is 516 g/mol. The van der Waals surface area contributed by atoms with E-state index in [0.29, 0.717) is 47.7 Å². The Kier molecular flexibility index (Phi) is 5.97. The standard InChI is InChI=1S/C24H18Cl2N2O5S/c1-3-31-23(30)20-12(2)28-22(29)19(9-13-4-6-15(25)10-16(13)26)34-24(28)27-21(20)14-5-7-17-18(8-14)33-11-32-17/h4-10,21H,3,11H2,1-2H3/b19-9-/t21-/m1/s1. The number of aromatic nitrogens is 1. The number of hydrogen-bond acceptors (Lipinski definition) is 7. The van der Waals surface area contributed by atoms with Gasteiger partial charge >= 0.3 is 5.97 Å². The first kappa shape index (κ1) is 22.7. The number of nitrogens with zero attached hydrogens (tertiary/aromatic N) is 2. The second-order valence-corrected chi connectivity index (χ2v) is 9.42. The van der Waals surface area contributed by atoms with Crippen molar-refractivity contribution >= 4 is 52.3 Å². The van der Waals surface area contributed by atoms with Crippen LogP contribution >= 0.6 is 34.5 Å². The minimum Gasteiger partial charge on any atom is -0.463 e. The molecule has 10 heteroatoms. The Bertz CT molecular complexity index is 1540. The SMILES string of the molecule is CCOC(=O)C1=C(C)n2c(s/c(=C\c3ccc(Cl)cc3Cl)c2=O)=N[C@@H]1c1ccc2c(c1)OCO2. The summed E-state index contributed by atoms with van der Waals surface area (Å²) in [5.41, 5.74) is 1.85. The molecule has 0 saturated carbocycles. The van der Waals surface area contributed by atoms with Gasteiger partial charge in [-0.15, -0.1) is 0 Å². The molecule has 0 bridgehead atoms. The van der Waals surface area contributed by atoms with E-state index in [9.17, 15) is 9.59 Å². The maximum absolute atomic E-state index is 13.3. The van der Waals surface area contributed by atoms with Gasteiger partial charge in [0.1, 0.15) is 6.04 Å². The van der Waals surface area contributed by atoms with Crippen LogP contribution in [0.5, 0.6) is 11.5 Å². The largest absolute Gasteiger partial charge is 0.463 e. The van der Waals surface area contributed by atoms with Crippen molar-refractivity contribution in [2.75, 3.05) is 13.4 Å². The Labute approximate surface area is 208 Å². The van der Waals surface area contributed by atoms with Crippen LogP contribution in [0.4, 0.5) is 0 Å². The van der Waals surface area contributed by atoms with Gasteiger partial charge in [-0.05, 0) is 55.3 Å². The van der Waals surface area contributed by atoms with Gasteiger partial charge < -0.3 is 14.2 Å². The number of hydrogen-bond donors (Lipinski definition) is 0. The summed E-state index contributed by atoms with van der Waals surface area (Å²) < 4.78 is 18.1. The van der Waals surface area contributed by atoms with E-state index >= 15 is 0 Å². The van der Waals surface area contributed by atoms with Gasteiger partial charge in [0.25, 0.3) is 5.56 Å². The molecule has 0 spiro atoms. The molecule has 7 nitrogen and oxygen atoms in total. The minimum absolute atomic E-state index is 0.136. The van der Waals surface area contributed by atoms with Crippen molar-refractivity contribution in [3.8, 4) is 11.5 Å². The second-order valence-electron chi connectivity index (χ2n) is 7.56. The summed E-state index contributed by atoms with van der Waals surface area (Å²) >= 11 is 13.5. The normalized spacial score (nSPS) is 16.9. The van der Waals surface area contributed by atoms with E-state index in [-0.39, 0.29) is 19.0 Å². The average Bonchev–Trinajstić information content (AvgIpc) is 3.39. The van der Waals surface area contributed by atoms with Gasteiger partial charge in [0.2, 0.25) is 6.79 Å². The van der Waals surface area contributed by atoms with Gasteiger partial charge in [0.05, 0.1) is 16.7 Å². The third-order valence-electron chi connectivity index (χ3n) is 5.50. The molecule has 2 aliphatic rings. The van der Waals surface area contributed by atoms with Gasteiger partial charge in [-0.25, -0.2) is 9.79 Å². The van der Waals surface area contributed by atoms with E-state index < -0.39 is 12.0 Å². The molecule has 34 heavy (non-hydrogen) atoms. The zero-order valence-electron chi connectivity index (χ0n) is 18.1. The highest BCUT2D eigenvalue weighted by Crippen LogP contribution is 2.39. The van der Waals surface area contributed by atoms with Crippen molar-refractivity contribution in [1.29, 1.82) is 0 Å². The molecule has 1 atom stereocenters. The van der Waals surface area contributed by atoms with Gasteiger partial charge in [-0.1, -0.05) is 46.7 Å². The summed E-state index contributed by atoms with van der Waals surface area (Å²) in [6.07, 6.45) is 1.69. The molecule has 0 N–H and O–H groups in total. The van der Waals surface area contributed by atoms with Crippen LogP contribution in [0.2, 0.25) is 10.0 Å². The van der Waals surface area contributed by atoms with Crippen LogP contribution in [0.25, 0.3) is 11.8 Å². The predicted molar refractivity (Wildman–Crippen MR) is 130 cm³/mol. The zero-order valence-corrected chi connectivity index (χ0v) is 20.5. The lowest BCUT2D eigenvalue weighted by Gasteiger charge is -2.22.